The molecule has 0 atom stereocenters. The lowest BCUT2D eigenvalue weighted by molar-refractivity contribution is 0.318. The molecule has 2 aromatic rings. The quantitative estimate of drug-likeness (QED) is 0.368. The van der Waals surface area contributed by atoms with Crippen molar-refractivity contribution in [2.75, 3.05) is 0 Å². The fourth-order valence-corrected chi connectivity index (χ4v) is 1.55. The average Bonchev–Trinajstić information content (AvgIpc) is 2.86. The van der Waals surface area contributed by atoms with E-state index in [-0.39, 0.29) is 5.84 Å². The Morgan fingerprint density at radius 1 is 1.53 bits per heavy atom. The molecule has 0 bridgehead atoms. The third-order valence-electron chi connectivity index (χ3n) is 2.40. The van der Waals surface area contributed by atoms with Crippen molar-refractivity contribution in [2.45, 2.75) is 19.9 Å². The highest BCUT2D eigenvalue weighted by Crippen LogP contribution is 2.20. The summed E-state index contributed by atoms with van der Waals surface area (Å²) in [7, 11) is 0. The van der Waals surface area contributed by atoms with Gasteiger partial charge in [-0.2, -0.15) is 5.10 Å². The Bertz CT molecular complexity index is 579. The smallest absolute Gasteiger partial charge is 0.188 e. The zero-order valence-corrected chi connectivity index (χ0v) is 10.5. The Labute approximate surface area is 110 Å². The Balaban J connectivity index is 2.14. The highest BCUT2D eigenvalue weighted by atomic mass is 16.5. The lowest BCUT2D eigenvalue weighted by Gasteiger charge is -2.04. The average molecular weight is 261 g/mol. The molecule has 3 N–H and O–H groups in total. The van der Waals surface area contributed by atoms with Crippen LogP contribution in [-0.2, 0) is 6.54 Å². The Morgan fingerprint density at radius 2 is 2.37 bits per heavy atom. The van der Waals surface area contributed by atoms with Gasteiger partial charge in [-0.25, -0.2) is 0 Å². The monoisotopic (exact) mass is 261 g/mol. The van der Waals surface area contributed by atoms with Crippen LogP contribution in [0, 0.1) is 0 Å². The molecule has 0 spiro atoms. The second kappa shape index (κ2) is 5.85. The van der Waals surface area contributed by atoms with Crippen molar-refractivity contribution in [2.24, 2.45) is 10.9 Å². The third kappa shape index (κ3) is 3.21. The van der Waals surface area contributed by atoms with Gasteiger partial charge in [0.05, 0.1) is 12.4 Å². The molecule has 0 aliphatic rings. The van der Waals surface area contributed by atoms with Gasteiger partial charge in [-0.05, 0) is 12.5 Å². The molecular formula is C12H15N5O2. The van der Waals surface area contributed by atoms with E-state index in [4.69, 9.17) is 15.7 Å². The lowest BCUT2D eigenvalue weighted by atomic mass is 10.3. The third-order valence-corrected chi connectivity index (χ3v) is 2.40. The van der Waals surface area contributed by atoms with Crippen molar-refractivity contribution < 1.29 is 9.94 Å². The molecule has 0 saturated heterocycles. The van der Waals surface area contributed by atoms with Gasteiger partial charge in [-0.3, -0.25) is 9.67 Å². The van der Waals surface area contributed by atoms with Crippen LogP contribution < -0.4 is 10.5 Å². The highest BCUT2D eigenvalue weighted by Gasteiger charge is 2.05. The van der Waals surface area contributed by atoms with Gasteiger partial charge in [-0.1, -0.05) is 12.1 Å². The van der Waals surface area contributed by atoms with E-state index in [0.717, 1.165) is 13.0 Å². The summed E-state index contributed by atoms with van der Waals surface area (Å²) in [6.45, 7) is 2.92. The molecule has 2 heterocycles. The molecule has 0 aliphatic heterocycles. The molecule has 19 heavy (non-hydrogen) atoms. The first-order valence-corrected chi connectivity index (χ1v) is 5.87. The van der Waals surface area contributed by atoms with Crippen LogP contribution >= 0.6 is 0 Å². The molecule has 0 saturated carbocycles. The van der Waals surface area contributed by atoms with E-state index >= 15 is 0 Å². The maximum atomic E-state index is 8.60. The number of hydrogen-bond acceptors (Lipinski definition) is 5. The van der Waals surface area contributed by atoms with Crippen LogP contribution in [0.15, 0.2) is 35.9 Å². The van der Waals surface area contributed by atoms with E-state index in [0.29, 0.717) is 17.2 Å². The van der Waals surface area contributed by atoms with E-state index in [9.17, 15) is 0 Å². The Morgan fingerprint density at radius 3 is 3.11 bits per heavy atom. The SMILES string of the molecule is CCCn1cc(Oc2ccnc(/C(N)=N/O)c2)cn1. The summed E-state index contributed by atoms with van der Waals surface area (Å²) in [5.41, 5.74) is 5.81. The van der Waals surface area contributed by atoms with E-state index in [1.165, 1.54) is 6.20 Å². The van der Waals surface area contributed by atoms with Gasteiger partial charge < -0.3 is 15.7 Å². The van der Waals surface area contributed by atoms with Crippen LogP contribution in [0.3, 0.4) is 0 Å². The van der Waals surface area contributed by atoms with Crippen LogP contribution in [0.25, 0.3) is 0 Å². The molecule has 7 nitrogen and oxygen atoms in total. The van der Waals surface area contributed by atoms with Gasteiger partial charge in [-0.15, -0.1) is 0 Å². The summed E-state index contributed by atoms with van der Waals surface area (Å²) >= 11 is 0. The predicted molar refractivity (Wildman–Crippen MR) is 69.3 cm³/mol. The Hall–Kier alpha value is -2.57. The zero-order chi connectivity index (χ0) is 13.7. The number of hydrogen-bond donors (Lipinski definition) is 2. The molecule has 0 radical (unpaired) electrons. The summed E-state index contributed by atoms with van der Waals surface area (Å²) in [6, 6.07) is 3.28. The topological polar surface area (TPSA) is 98.6 Å². The second-order valence-corrected chi connectivity index (χ2v) is 3.90. The number of aryl methyl sites for hydroxylation is 1. The van der Waals surface area contributed by atoms with Crippen molar-refractivity contribution in [3.05, 3.63) is 36.4 Å². The van der Waals surface area contributed by atoms with Gasteiger partial charge >= 0.3 is 0 Å². The van der Waals surface area contributed by atoms with Gasteiger partial charge in [0.25, 0.3) is 0 Å². The van der Waals surface area contributed by atoms with Gasteiger partial charge in [0.15, 0.2) is 11.6 Å². The maximum absolute atomic E-state index is 8.60. The van der Waals surface area contributed by atoms with E-state index in [1.54, 1.807) is 23.0 Å². The second-order valence-electron chi connectivity index (χ2n) is 3.90. The number of ether oxygens (including phenoxy) is 1. The molecule has 2 aromatic heterocycles. The minimum Gasteiger partial charge on any atom is -0.454 e. The molecular weight excluding hydrogens is 246 g/mol. The minimum atomic E-state index is -0.0628. The maximum Gasteiger partial charge on any atom is 0.188 e. The zero-order valence-electron chi connectivity index (χ0n) is 10.5. The molecule has 0 amide bonds. The fraction of sp³-hybridized carbons (Fsp3) is 0.250. The summed E-state index contributed by atoms with van der Waals surface area (Å²) in [6.07, 6.45) is 5.98. The number of rotatable bonds is 5. The van der Waals surface area contributed by atoms with E-state index < -0.39 is 0 Å². The largest absolute Gasteiger partial charge is 0.454 e. The number of nitrogens with two attached hydrogens (primary N) is 1. The molecule has 0 aliphatic carbocycles. The van der Waals surface area contributed by atoms with Gasteiger partial charge in [0.2, 0.25) is 0 Å². The molecule has 7 heteroatoms. The number of amidine groups is 1. The summed E-state index contributed by atoms with van der Waals surface area (Å²) in [5, 5.41) is 15.7. The summed E-state index contributed by atoms with van der Waals surface area (Å²) < 4.78 is 7.43. The van der Waals surface area contributed by atoms with Crippen molar-refractivity contribution in [1.29, 1.82) is 0 Å². The first-order valence-electron chi connectivity index (χ1n) is 5.87. The number of nitrogens with zero attached hydrogens (tertiary/aromatic N) is 4. The molecule has 0 fully saturated rings. The number of pyridine rings is 1. The van der Waals surface area contributed by atoms with Crippen molar-refractivity contribution in [3.8, 4) is 11.5 Å². The molecule has 100 valence electrons. The van der Waals surface area contributed by atoms with Crippen LogP contribution in [0.2, 0.25) is 0 Å². The standard InChI is InChI=1S/C12H15N5O2/c1-2-5-17-8-10(7-15-17)19-9-3-4-14-11(6-9)12(13)16-18/h3-4,6-8,18H,2,5H2,1H3,(H2,13,16). The van der Waals surface area contributed by atoms with Crippen molar-refractivity contribution in [3.63, 3.8) is 0 Å². The molecule has 2 rings (SSSR count). The summed E-state index contributed by atoms with van der Waals surface area (Å²) in [4.78, 5) is 3.97. The lowest BCUT2D eigenvalue weighted by Crippen LogP contribution is -2.14. The van der Waals surface area contributed by atoms with Gasteiger partial charge in [0, 0.05) is 18.8 Å². The van der Waals surface area contributed by atoms with Crippen molar-refractivity contribution >= 4 is 5.84 Å². The first kappa shape index (κ1) is 12.9. The molecule has 0 aromatic carbocycles. The minimum absolute atomic E-state index is 0.0628. The first-order chi connectivity index (χ1) is 9.22. The fourth-order valence-electron chi connectivity index (χ4n) is 1.55. The van der Waals surface area contributed by atoms with Crippen molar-refractivity contribution in [1.82, 2.24) is 14.8 Å². The van der Waals surface area contributed by atoms with E-state index in [1.807, 2.05) is 6.20 Å². The van der Waals surface area contributed by atoms with Crippen LogP contribution in [0.5, 0.6) is 11.5 Å². The number of oxime groups is 1. The highest BCUT2D eigenvalue weighted by molar-refractivity contribution is 5.95. The molecule has 0 unspecified atom stereocenters. The van der Waals surface area contributed by atoms with Crippen LogP contribution in [-0.4, -0.2) is 25.8 Å². The summed E-state index contributed by atoms with van der Waals surface area (Å²) in [5.74, 6) is 1.12. The Kier molecular flexibility index (Phi) is 3.97. The van der Waals surface area contributed by atoms with Gasteiger partial charge in [0.1, 0.15) is 11.4 Å². The number of aromatic nitrogens is 3. The predicted octanol–water partition coefficient (Wildman–Crippen LogP) is 1.57. The normalized spacial score (nSPS) is 11.5. The van der Waals surface area contributed by atoms with Crippen LogP contribution in [0.4, 0.5) is 0 Å². The van der Waals surface area contributed by atoms with E-state index in [2.05, 4.69) is 22.2 Å². The van der Waals surface area contributed by atoms with Crippen LogP contribution in [0.1, 0.15) is 19.0 Å².